The van der Waals surface area contributed by atoms with Gasteiger partial charge in [-0.3, -0.25) is 4.79 Å². The molecule has 1 atom stereocenters. The van der Waals surface area contributed by atoms with E-state index in [1.54, 1.807) is 0 Å². The van der Waals surface area contributed by atoms with Crippen LogP contribution < -0.4 is 5.32 Å². The van der Waals surface area contributed by atoms with E-state index >= 15 is 0 Å². The van der Waals surface area contributed by atoms with Crippen LogP contribution >= 0.6 is 11.3 Å². The van der Waals surface area contributed by atoms with Crippen molar-refractivity contribution in [2.75, 3.05) is 6.54 Å². The zero-order valence-corrected chi connectivity index (χ0v) is 13.3. The number of hydrogen-bond donors (Lipinski definition) is 2. The van der Waals surface area contributed by atoms with Gasteiger partial charge in [0.05, 0.1) is 16.8 Å². The highest BCUT2D eigenvalue weighted by Crippen LogP contribution is 2.36. The molecule has 0 fully saturated rings. The maximum absolute atomic E-state index is 12.4. The zero-order chi connectivity index (χ0) is 15.9. The topological polar surface area (TPSA) is 62.2 Å². The molecule has 1 amide bonds. The molecule has 1 aliphatic rings. The second-order valence-electron chi connectivity index (χ2n) is 5.86. The van der Waals surface area contributed by atoms with Crippen molar-refractivity contribution < 1.29 is 9.90 Å². The highest BCUT2D eigenvalue weighted by Gasteiger charge is 2.36. The number of aromatic nitrogens is 1. The SMILES string of the molecule is O=C(NC[C@@]1(O)CCc2ccccc21)c1nc2ccccc2s1. The molecule has 23 heavy (non-hydrogen) atoms. The summed E-state index contributed by atoms with van der Waals surface area (Å²) in [6.07, 6.45) is 1.47. The maximum Gasteiger partial charge on any atom is 0.280 e. The van der Waals surface area contributed by atoms with E-state index in [0.29, 0.717) is 11.4 Å². The molecule has 5 heteroatoms. The van der Waals surface area contributed by atoms with Gasteiger partial charge in [-0.25, -0.2) is 4.98 Å². The highest BCUT2D eigenvalue weighted by molar-refractivity contribution is 7.20. The fourth-order valence-corrected chi connectivity index (χ4v) is 4.01. The van der Waals surface area contributed by atoms with Crippen LogP contribution in [0.1, 0.15) is 27.3 Å². The number of fused-ring (bicyclic) bond motifs is 2. The molecule has 2 aromatic carbocycles. The molecule has 4 nitrogen and oxygen atoms in total. The lowest BCUT2D eigenvalue weighted by Crippen LogP contribution is -2.39. The van der Waals surface area contributed by atoms with E-state index < -0.39 is 5.60 Å². The summed E-state index contributed by atoms with van der Waals surface area (Å²) in [5.74, 6) is -0.232. The molecule has 0 spiro atoms. The Morgan fingerprint density at radius 3 is 2.87 bits per heavy atom. The number of carbonyl (C=O) groups excluding carboxylic acids is 1. The molecule has 3 aromatic rings. The summed E-state index contributed by atoms with van der Waals surface area (Å²) >= 11 is 1.37. The van der Waals surface area contributed by atoms with E-state index in [4.69, 9.17) is 0 Å². The van der Waals surface area contributed by atoms with Gasteiger partial charge in [-0.05, 0) is 36.1 Å². The normalized spacial score (nSPS) is 19.7. The van der Waals surface area contributed by atoms with E-state index in [1.807, 2.05) is 48.5 Å². The molecule has 0 aliphatic heterocycles. The molecule has 0 saturated heterocycles. The van der Waals surface area contributed by atoms with E-state index in [0.717, 1.165) is 27.8 Å². The molecule has 4 rings (SSSR count). The van der Waals surface area contributed by atoms with E-state index in [1.165, 1.54) is 11.3 Å². The number of amides is 1. The molecule has 2 N–H and O–H groups in total. The van der Waals surface area contributed by atoms with Crippen LogP contribution in [-0.2, 0) is 12.0 Å². The van der Waals surface area contributed by atoms with Gasteiger partial charge in [0.25, 0.3) is 5.91 Å². The Morgan fingerprint density at radius 1 is 1.22 bits per heavy atom. The van der Waals surface area contributed by atoms with Gasteiger partial charge in [-0.15, -0.1) is 11.3 Å². The first-order valence-corrected chi connectivity index (χ1v) is 8.42. The van der Waals surface area contributed by atoms with Gasteiger partial charge in [-0.2, -0.15) is 0 Å². The Labute approximate surface area is 137 Å². The summed E-state index contributed by atoms with van der Waals surface area (Å²) in [5, 5.41) is 14.1. The van der Waals surface area contributed by atoms with E-state index in [-0.39, 0.29) is 12.5 Å². The van der Waals surface area contributed by atoms with Crippen molar-refractivity contribution >= 4 is 27.5 Å². The van der Waals surface area contributed by atoms with Crippen molar-refractivity contribution in [3.63, 3.8) is 0 Å². The van der Waals surface area contributed by atoms with E-state index in [9.17, 15) is 9.90 Å². The molecule has 116 valence electrons. The minimum absolute atomic E-state index is 0.207. The highest BCUT2D eigenvalue weighted by atomic mass is 32.1. The molecule has 0 unspecified atom stereocenters. The third kappa shape index (κ3) is 2.52. The quantitative estimate of drug-likeness (QED) is 0.779. The van der Waals surface area contributed by atoms with Crippen molar-refractivity contribution in [3.8, 4) is 0 Å². The first-order chi connectivity index (χ1) is 11.2. The number of nitrogens with one attached hydrogen (secondary N) is 1. The average molecular weight is 324 g/mol. The monoisotopic (exact) mass is 324 g/mol. The zero-order valence-electron chi connectivity index (χ0n) is 12.5. The fraction of sp³-hybridized carbons (Fsp3) is 0.222. The molecule has 0 bridgehead atoms. The number of carbonyl (C=O) groups is 1. The lowest BCUT2D eigenvalue weighted by atomic mass is 9.96. The third-order valence-corrected chi connectivity index (χ3v) is 5.39. The number of nitrogens with zero attached hydrogens (tertiary/aromatic N) is 1. The van der Waals surface area contributed by atoms with E-state index in [2.05, 4.69) is 10.3 Å². The predicted molar refractivity (Wildman–Crippen MR) is 90.6 cm³/mol. The Kier molecular flexibility index (Phi) is 3.39. The number of benzene rings is 2. The summed E-state index contributed by atoms with van der Waals surface area (Å²) in [5.41, 5.74) is 1.92. The second kappa shape index (κ2) is 5.44. The van der Waals surface area contributed by atoms with Crippen LogP contribution in [0.25, 0.3) is 10.2 Å². The first kappa shape index (κ1) is 14.4. The van der Waals surface area contributed by atoms with Crippen LogP contribution in [0.2, 0.25) is 0 Å². The number of aliphatic hydroxyl groups is 1. The van der Waals surface area contributed by atoms with Crippen LogP contribution in [0.5, 0.6) is 0 Å². The second-order valence-corrected chi connectivity index (χ2v) is 6.89. The standard InChI is InChI=1S/C18H16N2O2S/c21-16(17-20-14-7-3-4-8-15(14)23-17)19-11-18(22)10-9-12-5-1-2-6-13(12)18/h1-8,22H,9-11H2,(H,19,21)/t18-/m0/s1. The Balaban J connectivity index is 1.52. The molecule has 0 radical (unpaired) electrons. The first-order valence-electron chi connectivity index (χ1n) is 7.60. The van der Waals surface area contributed by atoms with Crippen molar-refractivity contribution in [3.05, 3.63) is 64.7 Å². The Morgan fingerprint density at radius 2 is 2.00 bits per heavy atom. The molecule has 1 heterocycles. The van der Waals surface area contributed by atoms with Crippen LogP contribution in [0.15, 0.2) is 48.5 Å². The predicted octanol–water partition coefficient (Wildman–Crippen LogP) is 2.86. The number of aryl methyl sites for hydroxylation is 1. The van der Waals surface area contributed by atoms with Crippen molar-refractivity contribution in [2.45, 2.75) is 18.4 Å². The average Bonchev–Trinajstić information content (AvgIpc) is 3.15. The summed E-state index contributed by atoms with van der Waals surface area (Å²) < 4.78 is 0.988. The number of hydrogen-bond acceptors (Lipinski definition) is 4. The lowest BCUT2D eigenvalue weighted by Gasteiger charge is -2.24. The van der Waals surface area contributed by atoms with Gasteiger partial charge in [0.15, 0.2) is 5.01 Å². The van der Waals surface area contributed by atoms with Gasteiger partial charge in [-0.1, -0.05) is 36.4 Å². The van der Waals surface area contributed by atoms with Gasteiger partial charge >= 0.3 is 0 Å². The van der Waals surface area contributed by atoms with Crippen LogP contribution in [0, 0.1) is 0 Å². The minimum Gasteiger partial charge on any atom is -0.383 e. The van der Waals surface area contributed by atoms with Crippen molar-refractivity contribution in [1.82, 2.24) is 10.3 Å². The van der Waals surface area contributed by atoms with Crippen LogP contribution in [-0.4, -0.2) is 22.5 Å². The number of thiazole rings is 1. The summed E-state index contributed by atoms with van der Waals surface area (Å²) in [6.45, 7) is 0.207. The lowest BCUT2D eigenvalue weighted by molar-refractivity contribution is 0.0369. The molecular formula is C18H16N2O2S. The van der Waals surface area contributed by atoms with Crippen molar-refractivity contribution in [2.24, 2.45) is 0 Å². The smallest absolute Gasteiger partial charge is 0.280 e. The van der Waals surface area contributed by atoms with Gasteiger partial charge in [0.1, 0.15) is 5.60 Å². The molecule has 0 saturated carbocycles. The fourth-order valence-electron chi connectivity index (χ4n) is 3.12. The Bertz CT molecular complexity index is 856. The van der Waals surface area contributed by atoms with Crippen LogP contribution in [0.3, 0.4) is 0 Å². The number of rotatable bonds is 3. The molecule has 1 aliphatic carbocycles. The molecular weight excluding hydrogens is 308 g/mol. The molecule has 1 aromatic heterocycles. The summed E-state index contributed by atoms with van der Waals surface area (Å²) in [7, 11) is 0. The van der Waals surface area contributed by atoms with Gasteiger partial charge in [0.2, 0.25) is 0 Å². The maximum atomic E-state index is 12.4. The van der Waals surface area contributed by atoms with Crippen LogP contribution in [0.4, 0.5) is 0 Å². The van der Waals surface area contributed by atoms with Gasteiger partial charge < -0.3 is 10.4 Å². The Hall–Kier alpha value is -2.24. The summed E-state index contributed by atoms with van der Waals surface area (Å²) in [6, 6.07) is 15.5. The number of para-hydroxylation sites is 1. The minimum atomic E-state index is -0.983. The largest absolute Gasteiger partial charge is 0.383 e. The third-order valence-electron chi connectivity index (χ3n) is 4.36. The van der Waals surface area contributed by atoms with Crippen molar-refractivity contribution in [1.29, 1.82) is 0 Å². The summed E-state index contributed by atoms with van der Waals surface area (Å²) in [4.78, 5) is 16.7. The van der Waals surface area contributed by atoms with Gasteiger partial charge in [0, 0.05) is 0 Å².